The van der Waals surface area contributed by atoms with Crippen molar-refractivity contribution < 1.29 is 14.3 Å². The normalized spacial score (nSPS) is 20.7. The van der Waals surface area contributed by atoms with Crippen LogP contribution >= 0.6 is 0 Å². The van der Waals surface area contributed by atoms with Crippen molar-refractivity contribution in [1.82, 2.24) is 39.7 Å². The molecule has 1 N–H and O–H groups in total. The number of nitrogens with zero attached hydrogens (tertiary/aromatic N) is 8. The topological polar surface area (TPSA) is 125 Å². The zero-order valence-electron chi connectivity index (χ0n) is 29.8. The van der Waals surface area contributed by atoms with Crippen molar-refractivity contribution in [3.63, 3.8) is 0 Å². The highest BCUT2D eigenvalue weighted by Crippen LogP contribution is 2.43. The van der Waals surface area contributed by atoms with Crippen molar-refractivity contribution in [2.45, 2.75) is 58.0 Å². The number of likely N-dealkylation sites (tertiary alicyclic amines) is 2. The molecule has 51 heavy (non-hydrogen) atoms. The molecule has 2 aromatic carbocycles. The first-order valence-electron chi connectivity index (χ1n) is 18.0. The van der Waals surface area contributed by atoms with E-state index in [1.54, 1.807) is 17.2 Å². The van der Waals surface area contributed by atoms with Crippen LogP contribution in [-0.4, -0.2) is 96.9 Å². The van der Waals surface area contributed by atoms with E-state index < -0.39 is 5.41 Å². The van der Waals surface area contributed by atoms with Gasteiger partial charge in [-0.2, -0.15) is 10.2 Å². The molecule has 0 radical (unpaired) electrons. The van der Waals surface area contributed by atoms with E-state index in [-0.39, 0.29) is 23.3 Å². The van der Waals surface area contributed by atoms with Gasteiger partial charge in [-0.1, -0.05) is 31.2 Å². The summed E-state index contributed by atoms with van der Waals surface area (Å²) in [5, 5.41) is 13.0. The van der Waals surface area contributed by atoms with Crippen LogP contribution in [0.1, 0.15) is 52.0 Å². The number of carbonyl (C=O) groups is 2. The fourth-order valence-corrected chi connectivity index (χ4v) is 8.08. The number of pyridine rings is 1. The molecule has 3 fully saturated rings. The lowest BCUT2D eigenvalue weighted by Gasteiger charge is -2.40. The number of anilines is 1. The van der Waals surface area contributed by atoms with Gasteiger partial charge in [0.2, 0.25) is 17.7 Å². The molecule has 1 spiro atoms. The Morgan fingerprint density at radius 3 is 2.41 bits per heavy atom. The number of carbonyl (C=O) groups excluding carboxylic acids is 2. The Morgan fingerprint density at radius 2 is 1.71 bits per heavy atom. The van der Waals surface area contributed by atoms with E-state index >= 15 is 0 Å². The van der Waals surface area contributed by atoms with Gasteiger partial charge in [-0.15, -0.1) is 0 Å². The van der Waals surface area contributed by atoms with Crippen molar-refractivity contribution in [1.29, 1.82) is 0 Å². The summed E-state index contributed by atoms with van der Waals surface area (Å²) in [6.45, 7) is 10.1. The minimum atomic E-state index is -0.456. The summed E-state index contributed by atoms with van der Waals surface area (Å²) in [6.07, 6.45) is 6.90. The van der Waals surface area contributed by atoms with Crippen LogP contribution in [0.4, 0.5) is 5.69 Å². The number of hydrogen-bond donors (Lipinski definition) is 1. The van der Waals surface area contributed by atoms with E-state index in [0.29, 0.717) is 25.5 Å². The number of piperidine rings is 1. The van der Waals surface area contributed by atoms with Crippen molar-refractivity contribution in [3.05, 3.63) is 72.7 Å². The van der Waals surface area contributed by atoms with Crippen LogP contribution in [0.3, 0.4) is 0 Å². The molecule has 8 rings (SSSR count). The zero-order chi connectivity index (χ0) is 35.3. The van der Waals surface area contributed by atoms with Crippen LogP contribution in [0.2, 0.25) is 0 Å². The van der Waals surface area contributed by atoms with Crippen LogP contribution in [0.15, 0.2) is 67.1 Å². The first-order chi connectivity index (χ1) is 24.6. The highest BCUT2D eigenvalue weighted by Gasteiger charge is 2.51. The van der Waals surface area contributed by atoms with Gasteiger partial charge in [0.25, 0.3) is 0 Å². The molecule has 0 saturated carbocycles. The van der Waals surface area contributed by atoms with Gasteiger partial charge in [-0.3, -0.25) is 24.3 Å². The van der Waals surface area contributed by atoms with E-state index in [1.807, 2.05) is 55.0 Å². The summed E-state index contributed by atoms with van der Waals surface area (Å²) >= 11 is 0. The number of aromatic amines is 1. The molecule has 3 aliphatic heterocycles. The molecule has 0 bridgehead atoms. The molecule has 264 valence electrons. The van der Waals surface area contributed by atoms with Gasteiger partial charge < -0.3 is 14.5 Å². The zero-order valence-corrected chi connectivity index (χ0v) is 29.8. The number of hydrogen-bond acceptors (Lipinski definition) is 8. The van der Waals surface area contributed by atoms with Gasteiger partial charge in [-0.25, -0.2) is 9.97 Å². The number of aryl methyl sites for hydroxylation is 1. The summed E-state index contributed by atoms with van der Waals surface area (Å²) in [7, 11) is 1.87. The summed E-state index contributed by atoms with van der Waals surface area (Å²) < 4.78 is 7.41. The number of rotatable bonds is 8. The maximum atomic E-state index is 14.1. The van der Waals surface area contributed by atoms with Crippen LogP contribution in [0.5, 0.6) is 5.88 Å². The monoisotopic (exact) mass is 687 g/mol. The van der Waals surface area contributed by atoms with E-state index in [4.69, 9.17) is 4.74 Å². The number of benzene rings is 2. The maximum absolute atomic E-state index is 14.1. The second-order valence-corrected chi connectivity index (χ2v) is 15.1. The number of aromatic nitrogens is 6. The minimum absolute atomic E-state index is 0.00838. The summed E-state index contributed by atoms with van der Waals surface area (Å²) in [4.78, 5) is 42.6. The third-order valence-corrected chi connectivity index (χ3v) is 11.2. The van der Waals surface area contributed by atoms with Crippen LogP contribution in [0.25, 0.3) is 33.5 Å². The smallest absolute Gasteiger partial charge is 0.236 e. The molecule has 0 aliphatic carbocycles. The van der Waals surface area contributed by atoms with Gasteiger partial charge in [0.1, 0.15) is 12.0 Å². The molecular formula is C39H45N9O3. The number of amides is 2. The SMILES string of the molecule is CC(C)Oc1ccc(-c2n[nH]c3ccc(N4CC[C@@]5(CCN(CC(=O)N6CCC(C)(c7ccc(-c8ncn(C)n8)cc7)CC6)C5)C4=O)cc23)cn1. The molecule has 6 heterocycles. The van der Waals surface area contributed by atoms with Crippen molar-refractivity contribution >= 4 is 28.4 Å². The van der Waals surface area contributed by atoms with Crippen molar-refractivity contribution in [3.8, 4) is 28.5 Å². The van der Waals surface area contributed by atoms with Crippen LogP contribution in [0, 0.1) is 5.41 Å². The molecule has 1 atom stereocenters. The van der Waals surface area contributed by atoms with E-state index in [1.165, 1.54) is 5.56 Å². The lowest BCUT2D eigenvalue weighted by molar-refractivity contribution is -0.134. The fraction of sp³-hybridized carbons (Fsp3) is 0.436. The number of fused-ring (bicyclic) bond motifs is 1. The Bertz CT molecular complexity index is 2060. The highest BCUT2D eigenvalue weighted by atomic mass is 16.5. The number of H-pyrrole nitrogens is 1. The average Bonchev–Trinajstić information content (AvgIpc) is 3.92. The lowest BCUT2D eigenvalue weighted by atomic mass is 9.74. The number of nitrogens with one attached hydrogen (secondary N) is 1. The third kappa shape index (κ3) is 6.26. The molecule has 12 heteroatoms. The molecule has 3 saturated heterocycles. The van der Waals surface area contributed by atoms with Gasteiger partial charge in [0.15, 0.2) is 5.82 Å². The quantitative estimate of drug-likeness (QED) is 0.236. The molecule has 0 unspecified atom stereocenters. The summed E-state index contributed by atoms with van der Waals surface area (Å²) in [5.41, 5.74) is 5.27. The first kappa shape index (κ1) is 33.1. The highest BCUT2D eigenvalue weighted by molar-refractivity contribution is 6.03. The van der Waals surface area contributed by atoms with Gasteiger partial charge >= 0.3 is 0 Å². The van der Waals surface area contributed by atoms with Gasteiger partial charge in [-0.05, 0) is 81.3 Å². The summed E-state index contributed by atoms with van der Waals surface area (Å²) in [6, 6.07) is 18.4. The standard InChI is InChI=1S/C39H45N9O3/c1-26(2)51-33-12-7-28(22-40-33)35-31-21-30(10-11-32(31)42-43-35)48-20-16-39(37(48)50)15-17-46(24-39)23-34(49)47-18-13-38(3,14-19-47)29-8-5-27(6-9-29)36-41-25-45(4)44-36/h5-12,21-22,25-26H,13-20,23-24H2,1-4H3,(H,42,43)/t39-/m1/s1. The second-order valence-electron chi connectivity index (χ2n) is 15.1. The Morgan fingerprint density at radius 1 is 0.941 bits per heavy atom. The molecule has 2 amide bonds. The minimum Gasteiger partial charge on any atom is -0.475 e. The molecule has 5 aromatic rings. The largest absolute Gasteiger partial charge is 0.475 e. The van der Waals surface area contributed by atoms with Crippen LogP contribution in [-0.2, 0) is 22.1 Å². The Labute approximate surface area is 297 Å². The van der Waals surface area contributed by atoms with Crippen molar-refractivity contribution in [2.24, 2.45) is 12.5 Å². The van der Waals surface area contributed by atoms with E-state index in [2.05, 4.69) is 67.4 Å². The Hall–Kier alpha value is -5.10. The van der Waals surface area contributed by atoms with Gasteiger partial charge in [0.05, 0.1) is 23.6 Å². The lowest BCUT2D eigenvalue weighted by Crippen LogP contribution is -2.47. The fourth-order valence-electron chi connectivity index (χ4n) is 8.08. The van der Waals surface area contributed by atoms with E-state index in [0.717, 1.165) is 84.6 Å². The third-order valence-electron chi connectivity index (χ3n) is 11.2. The molecule has 3 aromatic heterocycles. The summed E-state index contributed by atoms with van der Waals surface area (Å²) in [5.74, 6) is 1.61. The second kappa shape index (κ2) is 12.9. The predicted molar refractivity (Wildman–Crippen MR) is 195 cm³/mol. The average molecular weight is 688 g/mol. The Balaban J connectivity index is 0.880. The first-order valence-corrected chi connectivity index (χ1v) is 18.0. The van der Waals surface area contributed by atoms with Crippen LogP contribution < -0.4 is 9.64 Å². The Kier molecular flexibility index (Phi) is 8.36. The maximum Gasteiger partial charge on any atom is 0.236 e. The van der Waals surface area contributed by atoms with Gasteiger partial charge in [0, 0.05) is 67.7 Å². The number of ether oxygens (including phenoxy) is 1. The molecule has 12 nitrogen and oxygen atoms in total. The predicted octanol–water partition coefficient (Wildman–Crippen LogP) is 5.22. The molecule has 3 aliphatic rings. The van der Waals surface area contributed by atoms with Crippen molar-refractivity contribution in [2.75, 3.05) is 44.2 Å². The van der Waals surface area contributed by atoms with E-state index in [9.17, 15) is 9.59 Å². The molecular weight excluding hydrogens is 642 g/mol.